The average molecular weight is 335 g/mol. The zero-order valence-electron chi connectivity index (χ0n) is 14.7. The van der Waals surface area contributed by atoms with Crippen molar-refractivity contribution in [2.75, 3.05) is 44.5 Å². The van der Waals surface area contributed by atoms with Gasteiger partial charge in [-0.25, -0.2) is 0 Å². The number of rotatable bonds is 19. The van der Waals surface area contributed by atoms with E-state index < -0.39 is 0 Å². The Bertz CT molecular complexity index is 171. The van der Waals surface area contributed by atoms with Crippen LogP contribution >= 0.6 is 11.8 Å². The highest BCUT2D eigenvalue weighted by atomic mass is 32.2. The predicted octanol–water partition coefficient (Wildman–Crippen LogP) is 4.67. The summed E-state index contributed by atoms with van der Waals surface area (Å²) < 4.78 is 10.6. The van der Waals surface area contributed by atoms with Crippen LogP contribution in [0.4, 0.5) is 0 Å². The first-order valence-corrected chi connectivity index (χ1v) is 10.4. The number of thioether (sulfide) groups is 1. The van der Waals surface area contributed by atoms with Gasteiger partial charge >= 0.3 is 0 Å². The Morgan fingerprint density at radius 3 is 1.77 bits per heavy atom. The molecule has 0 aromatic rings. The van der Waals surface area contributed by atoms with E-state index in [2.05, 4.69) is 6.92 Å². The molecule has 0 saturated carbocycles. The normalized spacial score (nSPS) is 11.2. The summed E-state index contributed by atoms with van der Waals surface area (Å²) in [5, 5.41) is 8.53. The van der Waals surface area contributed by atoms with Crippen molar-refractivity contribution in [1.82, 2.24) is 0 Å². The third-order valence-electron chi connectivity index (χ3n) is 3.62. The van der Waals surface area contributed by atoms with E-state index >= 15 is 0 Å². The maximum absolute atomic E-state index is 8.53. The molecule has 0 aliphatic rings. The summed E-state index contributed by atoms with van der Waals surface area (Å²) in [7, 11) is 0. The van der Waals surface area contributed by atoms with Crippen molar-refractivity contribution >= 4 is 11.8 Å². The zero-order chi connectivity index (χ0) is 16.1. The smallest absolute Gasteiger partial charge is 0.0701 e. The molecule has 1 N–H and O–H groups in total. The second-order valence-electron chi connectivity index (χ2n) is 5.74. The van der Waals surface area contributed by atoms with Crippen molar-refractivity contribution in [2.45, 2.75) is 71.1 Å². The van der Waals surface area contributed by atoms with Gasteiger partial charge in [0, 0.05) is 5.75 Å². The van der Waals surface area contributed by atoms with Gasteiger partial charge in [0.05, 0.1) is 33.0 Å². The molecule has 22 heavy (non-hydrogen) atoms. The van der Waals surface area contributed by atoms with E-state index in [1.54, 1.807) is 0 Å². The second-order valence-corrected chi connectivity index (χ2v) is 6.97. The van der Waals surface area contributed by atoms with E-state index in [9.17, 15) is 0 Å². The van der Waals surface area contributed by atoms with Crippen molar-refractivity contribution in [3.05, 3.63) is 0 Å². The standard InChI is InChI=1S/C18H38O3S/c1-2-3-4-5-6-7-8-9-10-11-17-22-18-16-21-15-14-20-13-12-19/h19H,2-18H2,1H3. The molecule has 0 amide bonds. The summed E-state index contributed by atoms with van der Waals surface area (Å²) in [6.45, 7) is 4.82. The van der Waals surface area contributed by atoms with Crippen LogP contribution in [0.1, 0.15) is 71.1 Å². The van der Waals surface area contributed by atoms with Gasteiger partial charge in [-0.1, -0.05) is 64.7 Å². The van der Waals surface area contributed by atoms with Crippen LogP contribution in [-0.4, -0.2) is 49.6 Å². The van der Waals surface area contributed by atoms with Crippen molar-refractivity contribution in [1.29, 1.82) is 0 Å². The largest absolute Gasteiger partial charge is 0.394 e. The monoisotopic (exact) mass is 334 g/mol. The fourth-order valence-corrected chi connectivity index (χ4v) is 3.15. The maximum Gasteiger partial charge on any atom is 0.0701 e. The Hall–Kier alpha value is 0.230. The molecule has 0 fully saturated rings. The summed E-state index contributed by atoms with van der Waals surface area (Å²) in [5.41, 5.74) is 0. The van der Waals surface area contributed by atoms with Crippen LogP contribution in [0.5, 0.6) is 0 Å². The van der Waals surface area contributed by atoms with Crippen molar-refractivity contribution in [3.63, 3.8) is 0 Å². The van der Waals surface area contributed by atoms with Crippen molar-refractivity contribution in [3.8, 4) is 0 Å². The van der Waals surface area contributed by atoms with E-state index in [1.165, 1.54) is 70.0 Å². The minimum atomic E-state index is 0.0920. The highest BCUT2D eigenvalue weighted by molar-refractivity contribution is 7.99. The minimum absolute atomic E-state index is 0.0920. The van der Waals surface area contributed by atoms with Gasteiger partial charge in [-0.15, -0.1) is 0 Å². The molecule has 4 heteroatoms. The molecule has 0 atom stereocenters. The Morgan fingerprint density at radius 2 is 1.18 bits per heavy atom. The van der Waals surface area contributed by atoms with Crippen LogP contribution in [0, 0.1) is 0 Å². The SMILES string of the molecule is CCCCCCCCCCCCSCCOCCOCCO. The lowest BCUT2D eigenvalue weighted by molar-refractivity contribution is 0.0377. The number of aliphatic hydroxyl groups excluding tert-OH is 1. The average Bonchev–Trinajstić information content (AvgIpc) is 2.54. The van der Waals surface area contributed by atoms with Crippen LogP contribution in [0.15, 0.2) is 0 Å². The molecular weight excluding hydrogens is 296 g/mol. The Morgan fingerprint density at radius 1 is 0.636 bits per heavy atom. The molecule has 0 aliphatic heterocycles. The van der Waals surface area contributed by atoms with Crippen molar-refractivity contribution in [2.24, 2.45) is 0 Å². The molecule has 0 bridgehead atoms. The molecule has 0 saturated heterocycles. The summed E-state index contributed by atoms with van der Waals surface area (Å²) in [5.74, 6) is 2.35. The van der Waals surface area contributed by atoms with Gasteiger partial charge < -0.3 is 14.6 Å². The van der Waals surface area contributed by atoms with E-state index in [0.29, 0.717) is 19.8 Å². The number of ether oxygens (including phenoxy) is 2. The Balaban J connectivity index is 2.91. The van der Waals surface area contributed by atoms with E-state index in [0.717, 1.165) is 12.4 Å². The van der Waals surface area contributed by atoms with Crippen LogP contribution < -0.4 is 0 Å². The molecular formula is C18H38O3S. The quantitative estimate of drug-likeness (QED) is 0.349. The molecule has 0 aromatic carbocycles. The van der Waals surface area contributed by atoms with Crippen molar-refractivity contribution < 1.29 is 14.6 Å². The van der Waals surface area contributed by atoms with Gasteiger partial charge in [0.15, 0.2) is 0 Å². The van der Waals surface area contributed by atoms with Crippen LogP contribution in [0.2, 0.25) is 0 Å². The van der Waals surface area contributed by atoms with E-state index in [1.807, 2.05) is 11.8 Å². The third-order valence-corrected chi connectivity index (χ3v) is 4.65. The lowest BCUT2D eigenvalue weighted by Gasteiger charge is -2.05. The first kappa shape index (κ1) is 22.2. The Kier molecular flexibility index (Phi) is 21.5. The molecule has 134 valence electrons. The summed E-state index contributed by atoms with van der Waals surface area (Å²) in [6, 6.07) is 0. The summed E-state index contributed by atoms with van der Waals surface area (Å²) in [6.07, 6.45) is 14.1. The van der Waals surface area contributed by atoms with E-state index in [-0.39, 0.29) is 6.61 Å². The molecule has 0 rings (SSSR count). The number of unbranched alkanes of at least 4 members (excludes halogenated alkanes) is 9. The minimum Gasteiger partial charge on any atom is -0.394 e. The second kappa shape index (κ2) is 21.2. The maximum atomic E-state index is 8.53. The highest BCUT2D eigenvalue weighted by Crippen LogP contribution is 2.12. The van der Waals surface area contributed by atoms with E-state index in [4.69, 9.17) is 14.6 Å². The van der Waals surface area contributed by atoms with Gasteiger partial charge in [-0.2, -0.15) is 11.8 Å². The first-order valence-electron chi connectivity index (χ1n) is 9.26. The number of hydrogen-bond acceptors (Lipinski definition) is 4. The molecule has 0 aliphatic carbocycles. The third kappa shape index (κ3) is 20.2. The fourth-order valence-electron chi connectivity index (χ4n) is 2.30. The van der Waals surface area contributed by atoms with Crippen LogP contribution in [0.3, 0.4) is 0 Å². The van der Waals surface area contributed by atoms with Crippen LogP contribution in [-0.2, 0) is 9.47 Å². The first-order chi connectivity index (χ1) is 10.9. The summed E-state index contributed by atoms with van der Waals surface area (Å²) in [4.78, 5) is 0. The van der Waals surface area contributed by atoms with Gasteiger partial charge in [-0.3, -0.25) is 0 Å². The number of hydrogen-bond donors (Lipinski definition) is 1. The van der Waals surface area contributed by atoms with Gasteiger partial charge in [-0.05, 0) is 12.2 Å². The molecule has 0 unspecified atom stereocenters. The fraction of sp³-hybridized carbons (Fsp3) is 1.00. The number of aliphatic hydroxyl groups is 1. The predicted molar refractivity (Wildman–Crippen MR) is 97.9 cm³/mol. The lowest BCUT2D eigenvalue weighted by atomic mass is 10.1. The van der Waals surface area contributed by atoms with Gasteiger partial charge in [0.25, 0.3) is 0 Å². The topological polar surface area (TPSA) is 38.7 Å². The highest BCUT2D eigenvalue weighted by Gasteiger charge is 1.94. The molecule has 0 aromatic heterocycles. The molecule has 3 nitrogen and oxygen atoms in total. The van der Waals surface area contributed by atoms with Crippen LogP contribution in [0.25, 0.3) is 0 Å². The zero-order valence-corrected chi connectivity index (χ0v) is 15.5. The van der Waals surface area contributed by atoms with Gasteiger partial charge in [0.1, 0.15) is 0 Å². The Labute approximate surface area is 142 Å². The lowest BCUT2D eigenvalue weighted by Crippen LogP contribution is -2.08. The summed E-state index contributed by atoms with van der Waals surface area (Å²) >= 11 is 1.99. The molecule has 0 heterocycles. The molecule has 0 radical (unpaired) electrons. The molecule has 0 spiro atoms. The van der Waals surface area contributed by atoms with Gasteiger partial charge in [0.2, 0.25) is 0 Å².